The molecule has 1 aliphatic heterocycles. The van der Waals surface area contributed by atoms with E-state index in [0.717, 1.165) is 16.8 Å². The van der Waals surface area contributed by atoms with Gasteiger partial charge in [-0.25, -0.2) is 4.68 Å². The number of hydrogen-bond acceptors (Lipinski definition) is 5. The second-order valence-corrected chi connectivity index (χ2v) is 7.97. The van der Waals surface area contributed by atoms with Crippen LogP contribution in [0.1, 0.15) is 23.2 Å². The van der Waals surface area contributed by atoms with Crippen LogP contribution in [0.2, 0.25) is 0 Å². The van der Waals surface area contributed by atoms with Crippen molar-refractivity contribution in [1.82, 2.24) is 9.78 Å². The van der Waals surface area contributed by atoms with Crippen molar-refractivity contribution in [3.05, 3.63) is 75.5 Å². The Morgan fingerprint density at radius 1 is 1.16 bits per heavy atom. The van der Waals surface area contributed by atoms with Gasteiger partial charge in [0.1, 0.15) is 5.82 Å². The number of aryl methyl sites for hydroxylation is 2. The summed E-state index contributed by atoms with van der Waals surface area (Å²) < 4.78 is 1.52. The second-order valence-electron chi connectivity index (χ2n) is 7.97. The van der Waals surface area contributed by atoms with Gasteiger partial charge >= 0.3 is 0 Å². The molecule has 0 radical (unpaired) electrons. The van der Waals surface area contributed by atoms with Crippen LogP contribution in [0.25, 0.3) is 5.69 Å². The fraction of sp³-hybridized carbons (Fsp3) is 0.261. The zero-order chi connectivity index (χ0) is 23.0. The van der Waals surface area contributed by atoms with E-state index in [1.54, 1.807) is 30.0 Å². The lowest BCUT2D eigenvalue weighted by molar-refractivity contribution is -0.384. The fourth-order valence-corrected chi connectivity index (χ4v) is 3.87. The fourth-order valence-electron chi connectivity index (χ4n) is 3.87. The monoisotopic (exact) mass is 433 g/mol. The molecule has 2 heterocycles. The number of amides is 2. The predicted molar refractivity (Wildman–Crippen MR) is 120 cm³/mol. The van der Waals surface area contributed by atoms with Gasteiger partial charge in [0.25, 0.3) is 5.69 Å². The molecule has 32 heavy (non-hydrogen) atoms. The summed E-state index contributed by atoms with van der Waals surface area (Å²) in [5.41, 5.74) is 4.17. The number of rotatable bonds is 5. The molecule has 0 saturated carbocycles. The molecule has 164 valence electrons. The maximum absolute atomic E-state index is 13.0. The van der Waals surface area contributed by atoms with Gasteiger partial charge in [0, 0.05) is 36.9 Å². The summed E-state index contributed by atoms with van der Waals surface area (Å²) in [6, 6.07) is 13.4. The summed E-state index contributed by atoms with van der Waals surface area (Å²) in [6.07, 6.45) is 0.129. The van der Waals surface area contributed by atoms with Gasteiger partial charge in [-0.2, -0.15) is 5.10 Å². The van der Waals surface area contributed by atoms with E-state index in [1.165, 1.54) is 16.8 Å². The van der Waals surface area contributed by atoms with Gasteiger partial charge in [0.05, 0.1) is 22.2 Å². The van der Waals surface area contributed by atoms with Gasteiger partial charge in [0.15, 0.2) is 0 Å². The third kappa shape index (κ3) is 3.96. The van der Waals surface area contributed by atoms with Crippen LogP contribution in [0.15, 0.2) is 48.5 Å². The molecule has 1 aliphatic rings. The quantitative estimate of drug-likeness (QED) is 0.487. The maximum Gasteiger partial charge on any atom is 0.269 e. The number of nitrogens with zero attached hydrogens (tertiary/aromatic N) is 4. The van der Waals surface area contributed by atoms with E-state index in [1.807, 2.05) is 32.0 Å². The number of carbonyl (C=O) groups is 2. The Hall–Kier alpha value is -4.01. The molecule has 9 heteroatoms. The van der Waals surface area contributed by atoms with Crippen molar-refractivity contribution in [2.45, 2.75) is 27.2 Å². The van der Waals surface area contributed by atoms with Crippen LogP contribution in [0.3, 0.4) is 0 Å². The van der Waals surface area contributed by atoms with Crippen LogP contribution >= 0.6 is 0 Å². The Balaban J connectivity index is 1.53. The number of nitro groups is 1. The molecule has 1 unspecified atom stereocenters. The van der Waals surface area contributed by atoms with Crippen molar-refractivity contribution in [3.8, 4) is 5.69 Å². The molecule has 0 spiro atoms. The van der Waals surface area contributed by atoms with E-state index in [0.29, 0.717) is 23.7 Å². The Morgan fingerprint density at radius 2 is 1.88 bits per heavy atom. The maximum atomic E-state index is 13.0. The van der Waals surface area contributed by atoms with Crippen molar-refractivity contribution >= 4 is 29.0 Å². The Labute approximate surface area is 184 Å². The molecule has 1 fully saturated rings. The van der Waals surface area contributed by atoms with Crippen molar-refractivity contribution < 1.29 is 14.5 Å². The minimum atomic E-state index is -0.497. The van der Waals surface area contributed by atoms with E-state index >= 15 is 0 Å². The van der Waals surface area contributed by atoms with Gasteiger partial charge in [-0.3, -0.25) is 19.7 Å². The van der Waals surface area contributed by atoms with Crippen LogP contribution in [-0.2, 0) is 9.59 Å². The molecule has 3 aromatic rings. The van der Waals surface area contributed by atoms with Gasteiger partial charge in [-0.05, 0) is 50.1 Å². The average Bonchev–Trinajstić information content (AvgIpc) is 3.32. The molecular weight excluding hydrogens is 410 g/mol. The first-order chi connectivity index (χ1) is 15.2. The lowest BCUT2D eigenvalue weighted by Crippen LogP contribution is -2.29. The number of carbonyl (C=O) groups excluding carboxylic acids is 2. The van der Waals surface area contributed by atoms with Gasteiger partial charge in [0.2, 0.25) is 11.8 Å². The minimum Gasteiger partial charge on any atom is -0.311 e. The van der Waals surface area contributed by atoms with Crippen molar-refractivity contribution in [2.75, 3.05) is 16.8 Å². The number of anilines is 2. The molecular formula is C23H23N5O4. The van der Waals surface area contributed by atoms with E-state index < -0.39 is 10.8 Å². The van der Waals surface area contributed by atoms with E-state index in [-0.39, 0.29) is 23.9 Å². The molecule has 1 saturated heterocycles. The van der Waals surface area contributed by atoms with Crippen molar-refractivity contribution in [2.24, 2.45) is 5.92 Å². The van der Waals surface area contributed by atoms with Gasteiger partial charge < -0.3 is 10.2 Å². The topological polar surface area (TPSA) is 110 Å². The molecule has 4 rings (SSSR count). The van der Waals surface area contributed by atoms with E-state index in [4.69, 9.17) is 0 Å². The molecule has 0 bridgehead atoms. The molecule has 2 aromatic carbocycles. The summed E-state index contributed by atoms with van der Waals surface area (Å²) in [5, 5.41) is 18.2. The van der Waals surface area contributed by atoms with Crippen LogP contribution in [0.4, 0.5) is 17.2 Å². The van der Waals surface area contributed by atoms with E-state index in [2.05, 4.69) is 10.4 Å². The van der Waals surface area contributed by atoms with Crippen molar-refractivity contribution in [3.63, 3.8) is 0 Å². The minimum absolute atomic E-state index is 0.0285. The number of aromatic nitrogens is 2. The highest BCUT2D eigenvalue weighted by Gasteiger charge is 2.36. The highest BCUT2D eigenvalue weighted by molar-refractivity contribution is 6.03. The second kappa shape index (κ2) is 8.26. The highest BCUT2D eigenvalue weighted by Crippen LogP contribution is 2.30. The first-order valence-electron chi connectivity index (χ1n) is 10.2. The molecule has 1 N–H and O–H groups in total. The zero-order valence-corrected chi connectivity index (χ0v) is 18.0. The lowest BCUT2D eigenvalue weighted by Gasteiger charge is -2.20. The molecule has 1 aromatic heterocycles. The number of hydrogen-bond donors (Lipinski definition) is 1. The van der Waals surface area contributed by atoms with Crippen molar-refractivity contribution in [1.29, 1.82) is 0 Å². The number of non-ortho nitro benzene ring substituents is 1. The SMILES string of the molecule is Cc1cc(NC(=O)C2CC(=O)N(c3cccc(C)c3C)C2)n(-c2ccc([N+](=O)[O-])cc2)n1. The molecule has 0 aliphatic carbocycles. The van der Waals surface area contributed by atoms with Crippen LogP contribution in [0.5, 0.6) is 0 Å². The molecule has 1 atom stereocenters. The largest absolute Gasteiger partial charge is 0.311 e. The van der Waals surface area contributed by atoms with Gasteiger partial charge in [-0.15, -0.1) is 0 Å². The summed E-state index contributed by atoms with van der Waals surface area (Å²) in [5.74, 6) is -0.407. The third-order valence-corrected chi connectivity index (χ3v) is 5.75. The Morgan fingerprint density at radius 3 is 2.56 bits per heavy atom. The summed E-state index contributed by atoms with van der Waals surface area (Å²) in [7, 11) is 0. The normalized spacial score (nSPS) is 15.8. The lowest BCUT2D eigenvalue weighted by atomic mass is 10.1. The predicted octanol–water partition coefficient (Wildman–Crippen LogP) is 3.70. The van der Waals surface area contributed by atoms with Crippen LogP contribution in [-0.4, -0.2) is 33.1 Å². The molecule has 2 amide bonds. The standard InChI is InChI=1S/C23H23N5O4/c1-14-5-4-6-20(16(14)3)26-13-17(12-22(26)29)23(30)24-21-11-15(2)25-27(21)18-7-9-19(10-8-18)28(31)32/h4-11,17H,12-13H2,1-3H3,(H,24,30). The first kappa shape index (κ1) is 21.2. The van der Waals surface area contributed by atoms with Gasteiger partial charge in [-0.1, -0.05) is 12.1 Å². The number of nitro benzene ring substituents is 1. The summed E-state index contributed by atoms with van der Waals surface area (Å²) >= 11 is 0. The van der Waals surface area contributed by atoms with Crippen LogP contribution in [0, 0.1) is 36.8 Å². The smallest absolute Gasteiger partial charge is 0.269 e. The zero-order valence-electron chi connectivity index (χ0n) is 18.0. The third-order valence-electron chi connectivity index (χ3n) is 5.75. The molecule has 9 nitrogen and oxygen atoms in total. The summed E-state index contributed by atoms with van der Waals surface area (Å²) in [4.78, 5) is 37.8. The highest BCUT2D eigenvalue weighted by atomic mass is 16.6. The summed E-state index contributed by atoms with van der Waals surface area (Å²) in [6.45, 7) is 6.06. The first-order valence-corrected chi connectivity index (χ1v) is 10.2. The number of nitrogens with one attached hydrogen (secondary N) is 1. The van der Waals surface area contributed by atoms with E-state index in [9.17, 15) is 19.7 Å². The number of benzene rings is 2. The average molecular weight is 433 g/mol. The Kier molecular flexibility index (Phi) is 5.48. The Bertz CT molecular complexity index is 1220. The van der Waals surface area contributed by atoms with Crippen LogP contribution < -0.4 is 10.2 Å².